The summed E-state index contributed by atoms with van der Waals surface area (Å²) in [5, 5.41) is 11.8. The third-order valence-electron chi connectivity index (χ3n) is 2.59. The van der Waals surface area contributed by atoms with Gasteiger partial charge in [0.15, 0.2) is 0 Å². The minimum Gasteiger partial charge on any atom is -0.337 e. The predicted molar refractivity (Wildman–Crippen MR) is 66.7 cm³/mol. The maximum atomic E-state index is 5.47. The smallest absolute Gasteiger partial charge is 0.248 e. The van der Waals surface area contributed by atoms with E-state index in [9.17, 15) is 0 Å². The summed E-state index contributed by atoms with van der Waals surface area (Å²) in [6, 6.07) is 9.65. The first kappa shape index (κ1) is 11.5. The van der Waals surface area contributed by atoms with E-state index >= 15 is 0 Å². The Morgan fingerprint density at radius 2 is 2.05 bits per heavy atom. The number of hydrogen-bond acceptors (Lipinski definition) is 6. The number of nitrogens with two attached hydrogens (primary N) is 1. The lowest BCUT2D eigenvalue weighted by Crippen LogP contribution is -2.00. The topological polar surface area (TPSA) is 95.7 Å². The molecule has 3 aromatic rings. The summed E-state index contributed by atoms with van der Waals surface area (Å²) in [6.07, 6.45) is 1.76. The van der Waals surface area contributed by atoms with E-state index in [1.54, 1.807) is 10.9 Å². The van der Waals surface area contributed by atoms with Gasteiger partial charge in [0, 0.05) is 12.1 Å². The monoisotopic (exact) mass is 256 g/mol. The highest BCUT2D eigenvalue weighted by Crippen LogP contribution is 2.14. The van der Waals surface area contributed by atoms with E-state index < -0.39 is 0 Å². The number of hydrogen-bond donors (Lipinski definition) is 1. The fraction of sp³-hybridized carbons (Fsp3) is 0.167. The molecule has 96 valence electrons. The zero-order valence-electron chi connectivity index (χ0n) is 10.1. The van der Waals surface area contributed by atoms with Gasteiger partial charge in [-0.3, -0.25) is 0 Å². The summed E-state index contributed by atoms with van der Waals surface area (Å²) < 4.78 is 6.80. The van der Waals surface area contributed by atoms with Gasteiger partial charge in [0.1, 0.15) is 6.54 Å². The SMILES string of the molecule is NCc1cn(Cc2nc(-c3ccccc3)no2)nn1. The second-order valence-corrected chi connectivity index (χ2v) is 3.99. The van der Waals surface area contributed by atoms with Crippen molar-refractivity contribution in [2.75, 3.05) is 0 Å². The van der Waals surface area contributed by atoms with E-state index in [0.717, 1.165) is 11.3 Å². The molecule has 7 heteroatoms. The Morgan fingerprint density at radius 3 is 2.79 bits per heavy atom. The minimum absolute atomic E-state index is 0.360. The van der Waals surface area contributed by atoms with Crippen LogP contribution < -0.4 is 5.73 Å². The Hall–Kier alpha value is -2.54. The number of benzene rings is 1. The van der Waals surface area contributed by atoms with E-state index in [2.05, 4.69) is 20.5 Å². The van der Waals surface area contributed by atoms with Crippen LogP contribution in [0.1, 0.15) is 11.6 Å². The van der Waals surface area contributed by atoms with Crippen molar-refractivity contribution in [2.45, 2.75) is 13.1 Å². The van der Waals surface area contributed by atoms with Crippen LogP contribution in [0.5, 0.6) is 0 Å². The first-order valence-electron chi connectivity index (χ1n) is 5.82. The van der Waals surface area contributed by atoms with Gasteiger partial charge in [-0.1, -0.05) is 40.7 Å². The van der Waals surface area contributed by atoms with Crippen molar-refractivity contribution in [3.63, 3.8) is 0 Å². The molecule has 0 amide bonds. The quantitative estimate of drug-likeness (QED) is 0.743. The molecule has 2 N–H and O–H groups in total. The summed E-state index contributed by atoms with van der Waals surface area (Å²) in [7, 11) is 0. The molecule has 0 atom stereocenters. The Morgan fingerprint density at radius 1 is 1.21 bits per heavy atom. The van der Waals surface area contributed by atoms with Gasteiger partial charge in [-0.05, 0) is 0 Å². The van der Waals surface area contributed by atoms with E-state index in [-0.39, 0.29) is 0 Å². The number of nitrogens with zero attached hydrogens (tertiary/aromatic N) is 5. The Balaban J connectivity index is 1.78. The fourth-order valence-corrected chi connectivity index (χ4v) is 1.67. The van der Waals surface area contributed by atoms with E-state index in [1.807, 2.05) is 30.3 Å². The van der Waals surface area contributed by atoms with Gasteiger partial charge >= 0.3 is 0 Å². The van der Waals surface area contributed by atoms with Crippen molar-refractivity contribution in [3.8, 4) is 11.4 Å². The van der Waals surface area contributed by atoms with Crippen LogP contribution in [0.4, 0.5) is 0 Å². The molecule has 0 radical (unpaired) electrons. The Kier molecular flexibility index (Phi) is 3.03. The summed E-state index contributed by atoms with van der Waals surface area (Å²) in [4.78, 5) is 4.31. The molecule has 1 aromatic carbocycles. The molecule has 0 aliphatic heterocycles. The molecule has 0 aliphatic carbocycles. The zero-order valence-corrected chi connectivity index (χ0v) is 10.1. The molecule has 0 spiro atoms. The highest BCUT2D eigenvalue weighted by molar-refractivity contribution is 5.53. The summed E-state index contributed by atoms with van der Waals surface area (Å²) in [6.45, 7) is 0.742. The van der Waals surface area contributed by atoms with Gasteiger partial charge in [0.25, 0.3) is 0 Å². The molecule has 3 rings (SSSR count). The van der Waals surface area contributed by atoms with Crippen LogP contribution in [-0.4, -0.2) is 25.1 Å². The maximum absolute atomic E-state index is 5.47. The van der Waals surface area contributed by atoms with Crippen molar-refractivity contribution in [3.05, 3.63) is 48.1 Å². The molecule has 2 aromatic heterocycles. The van der Waals surface area contributed by atoms with E-state index in [4.69, 9.17) is 10.3 Å². The van der Waals surface area contributed by atoms with Crippen molar-refractivity contribution < 1.29 is 4.52 Å². The molecular weight excluding hydrogens is 244 g/mol. The van der Waals surface area contributed by atoms with Crippen molar-refractivity contribution in [2.24, 2.45) is 5.73 Å². The van der Waals surface area contributed by atoms with Crippen LogP contribution in [0.3, 0.4) is 0 Å². The molecular formula is C12H12N6O. The minimum atomic E-state index is 0.360. The highest BCUT2D eigenvalue weighted by atomic mass is 16.5. The highest BCUT2D eigenvalue weighted by Gasteiger charge is 2.09. The molecule has 0 saturated carbocycles. The molecule has 2 heterocycles. The van der Waals surface area contributed by atoms with E-state index in [0.29, 0.717) is 24.8 Å². The maximum Gasteiger partial charge on any atom is 0.248 e. The lowest BCUT2D eigenvalue weighted by atomic mass is 10.2. The van der Waals surface area contributed by atoms with Crippen LogP contribution in [0.15, 0.2) is 41.1 Å². The largest absolute Gasteiger partial charge is 0.337 e. The second kappa shape index (κ2) is 4.99. The van der Waals surface area contributed by atoms with Crippen molar-refractivity contribution >= 4 is 0 Å². The second-order valence-electron chi connectivity index (χ2n) is 3.99. The Labute approximate surface area is 109 Å². The Bertz CT molecular complexity index is 660. The summed E-state index contributed by atoms with van der Waals surface area (Å²) >= 11 is 0. The van der Waals surface area contributed by atoms with Crippen molar-refractivity contribution in [1.29, 1.82) is 0 Å². The van der Waals surface area contributed by atoms with Gasteiger partial charge in [0.05, 0.1) is 11.9 Å². The number of aromatic nitrogens is 5. The number of rotatable bonds is 4. The molecule has 0 bridgehead atoms. The molecule has 0 fully saturated rings. The van der Waals surface area contributed by atoms with Gasteiger partial charge < -0.3 is 10.3 Å². The third-order valence-corrected chi connectivity index (χ3v) is 2.59. The van der Waals surface area contributed by atoms with Crippen LogP contribution in [0.25, 0.3) is 11.4 Å². The van der Waals surface area contributed by atoms with Gasteiger partial charge in [-0.25, -0.2) is 4.68 Å². The normalized spacial score (nSPS) is 10.8. The molecule has 7 nitrogen and oxygen atoms in total. The van der Waals surface area contributed by atoms with Gasteiger partial charge in [0.2, 0.25) is 11.7 Å². The molecule has 0 unspecified atom stereocenters. The predicted octanol–water partition coefficient (Wildman–Crippen LogP) is 0.835. The van der Waals surface area contributed by atoms with Crippen LogP contribution in [0, 0.1) is 0 Å². The standard InChI is InChI=1S/C12H12N6O/c13-6-10-7-18(17-15-10)8-11-14-12(16-19-11)9-4-2-1-3-5-9/h1-5,7H,6,8,13H2. The molecule has 19 heavy (non-hydrogen) atoms. The van der Waals surface area contributed by atoms with Crippen molar-refractivity contribution in [1.82, 2.24) is 25.1 Å². The van der Waals surface area contributed by atoms with Crippen LogP contribution in [0.2, 0.25) is 0 Å². The molecule has 0 saturated heterocycles. The first-order chi connectivity index (χ1) is 9.35. The van der Waals surface area contributed by atoms with Crippen LogP contribution in [-0.2, 0) is 13.1 Å². The van der Waals surface area contributed by atoms with E-state index in [1.165, 1.54) is 0 Å². The summed E-state index contributed by atoms with van der Waals surface area (Å²) in [5.74, 6) is 1.04. The lowest BCUT2D eigenvalue weighted by molar-refractivity contribution is 0.364. The lowest BCUT2D eigenvalue weighted by Gasteiger charge is -1.92. The zero-order chi connectivity index (χ0) is 13.1. The fourth-order valence-electron chi connectivity index (χ4n) is 1.67. The summed E-state index contributed by atoms with van der Waals surface area (Å²) in [5.41, 5.74) is 7.11. The first-order valence-corrected chi connectivity index (χ1v) is 5.82. The van der Waals surface area contributed by atoms with Gasteiger partial charge in [-0.2, -0.15) is 4.98 Å². The average Bonchev–Trinajstić information content (AvgIpc) is 3.09. The molecule has 0 aliphatic rings. The average molecular weight is 256 g/mol. The van der Waals surface area contributed by atoms with Gasteiger partial charge in [-0.15, -0.1) is 5.10 Å². The third kappa shape index (κ3) is 2.50. The van der Waals surface area contributed by atoms with Crippen LogP contribution >= 0.6 is 0 Å².